The average Bonchev–Trinajstić information content (AvgIpc) is 2.95. The average molecular weight is 254 g/mol. The monoisotopic (exact) mass is 254 g/mol. The first-order chi connectivity index (χ1) is 8.69. The SMILES string of the molecule is CCCOC(=O)C1C2CC3C(OC(=O)C31)C2CO. The first-order valence-electron chi connectivity index (χ1n) is 6.67. The molecule has 2 saturated carbocycles. The number of hydrogen-bond acceptors (Lipinski definition) is 5. The lowest BCUT2D eigenvalue weighted by Crippen LogP contribution is -2.39. The van der Waals surface area contributed by atoms with Gasteiger partial charge in [-0.05, 0) is 18.8 Å². The molecule has 100 valence electrons. The fourth-order valence-electron chi connectivity index (χ4n) is 4.05. The zero-order valence-corrected chi connectivity index (χ0v) is 10.4. The molecule has 1 aliphatic heterocycles. The number of aliphatic hydroxyl groups excluding tert-OH is 1. The van der Waals surface area contributed by atoms with Gasteiger partial charge in [-0.15, -0.1) is 0 Å². The van der Waals surface area contributed by atoms with E-state index in [-0.39, 0.29) is 48.3 Å². The molecule has 1 saturated heterocycles. The Morgan fingerprint density at radius 2 is 2.28 bits per heavy atom. The Morgan fingerprint density at radius 3 is 2.94 bits per heavy atom. The molecule has 3 rings (SSSR count). The van der Waals surface area contributed by atoms with Gasteiger partial charge in [-0.2, -0.15) is 0 Å². The summed E-state index contributed by atoms with van der Waals surface area (Å²) in [4.78, 5) is 23.9. The van der Waals surface area contributed by atoms with Crippen molar-refractivity contribution in [3.63, 3.8) is 0 Å². The van der Waals surface area contributed by atoms with E-state index in [1.807, 2.05) is 6.92 Å². The Kier molecular flexibility index (Phi) is 2.81. The molecule has 5 heteroatoms. The minimum Gasteiger partial charge on any atom is -0.465 e. The van der Waals surface area contributed by atoms with E-state index in [1.165, 1.54) is 0 Å². The fraction of sp³-hybridized carbons (Fsp3) is 0.846. The summed E-state index contributed by atoms with van der Waals surface area (Å²) in [6, 6.07) is 0. The highest BCUT2D eigenvalue weighted by Crippen LogP contribution is 2.60. The lowest BCUT2D eigenvalue weighted by atomic mass is 9.74. The zero-order valence-electron chi connectivity index (χ0n) is 10.4. The van der Waals surface area contributed by atoms with E-state index in [9.17, 15) is 14.7 Å². The molecule has 0 aromatic rings. The predicted octanol–water partition coefficient (Wildman–Crippen LogP) is 0.356. The molecule has 3 fully saturated rings. The number of aliphatic hydroxyl groups is 1. The molecule has 2 bridgehead atoms. The summed E-state index contributed by atoms with van der Waals surface area (Å²) < 4.78 is 10.5. The maximum absolute atomic E-state index is 12.1. The van der Waals surface area contributed by atoms with Crippen LogP contribution in [0.15, 0.2) is 0 Å². The van der Waals surface area contributed by atoms with Crippen molar-refractivity contribution in [2.75, 3.05) is 13.2 Å². The van der Waals surface area contributed by atoms with Gasteiger partial charge in [0, 0.05) is 18.4 Å². The quantitative estimate of drug-likeness (QED) is 0.733. The lowest BCUT2D eigenvalue weighted by molar-refractivity contribution is -0.156. The van der Waals surface area contributed by atoms with Crippen molar-refractivity contribution in [1.29, 1.82) is 0 Å². The van der Waals surface area contributed by atoms with Crippen LogP contribution in [0.1, 0.15) is 19.8 Å². The Hall–Kier alpha value is -1.10. The maximum atomic E-state index is 12.1. The Labute approximate surface area is 105 Å². The Bertz CT molecular complexity index is 380. The summed E-state index contributed by atoms with van der Waals surface area (Å²) in [5, 5.41) is 9.43. The maximum Gasteiger partial charge on any atom is 0.310 e. The van der Waals surface area contributed by atoms with Crippen molar-refractivity contribution in [3.8, 4) is 0 Å². The van der Waals surface area contributed by atoms with E-state index < -0.39 is 5.92 Å². The number of ether oxygens (including phenoxy) is 2. The first kappa shape index (κ1) is 12.0. The van der Waals surface area contributed by atoms with E-state index >= 15 is 0 Å². The van der Waals surface area contributed by atoms with Crippen LogP contribution in [0.5, 0.6) is 0 Å². The number of carbonyl (C=O) groups is 2. The molecule has 18 heavy (non-hydrogen) atoms. The predicted molar refractivity (Wildman–Crippen MR) is 60.3 cm³/mol. The summed E-state index contributed by atoms with van der Waals surface area (Å²) in [7, 11) is 0. The summed E-state index contributed by atoms with van der Waals surface area (Å²) in [6.07, 6.45) is 1.40. The van der Waals surface area contributed by atoms with Gasteiger partial charge in [0.2, 0.25) is 0 Å². The van der Waals surface area contributed by atoms with Crippen LogP contribution < -0.4 is 0 Å². The molecule has 5 nitrogen and oxygen atoms in total. The highest BCUT2D eigenvalue weighted by atomic mass is 16.6. The topological polar surface area (TPSA) is 72.8 Å². The van der Waals surface area contributed by atoms with E-state index in [2.05, 4.69) is 0 Å². The van der Waals surface area contributed by atoms with Crippen LogP contribution in [-0.4, -0.2) is 36.4 Å². The van der Waals surface area contributed by atoms with Crippen molar-refractivity contribution in [2.24, 2.45) is 29.6 Å². The van der Waals surface area contributed by atoms with Crippen LogP contribution in [0.25, 0.3) is 0 Å². The minimum atomic E-state index is -0.398. The van der Waals surface area contributed by atoms with Crippen molar-refractivity contribution in [2.45, 2.75) is 25.9 Å². The van der Waals surface area contributed by atoms with Gasteiger partial charge in [0.25, 0.3) is 0 Å². The number of rotatable bonds is 4. The second-order valence-electron chi connectivity index (χ2n) is 5.53. The summed E-state index contributed by atoms with van der Waals surface area (Å²) in [5.74, 6) is -1.22. The van der Waals surface area contributed by atoms with Crippen LogP contribution in [0.3, 0.4) is 0 Å². The normalized spacial score (nSPS) is 44.2. The molecule has 0 amide bonds. The number of hydrogen-bond donors (Lipinski definition) is 1. The molecular formula is C13H18O5. The van der Waals surface area contributed by atoms with E-state index in [0.717, 1.165) is 12.8 Å². The Morgan fingerprint density at radius 1 is 1.50 bits per heavy atom. The van der Waals surface area contributed by atoms with Gasteiger partial charge >= 0.3 is 11.9 Å². The third-order valence-corrected chi connectivity index (χ3v) is 4.70. The summed E-state index contributed by atoms with van der Waals surface area (Å²) in [5.41, 5.74) is 0. The Balaban J connectivity index is 1.83. The first-order valence-corrected chi connectivity index (χ1v) is 6.67. The largest absolute Gasteiger partial charge is 0.465 e. The smallest absolute Gasteiger partial charge is 0.310 e. The van der Waals surface area contributed by atoms with Crippen LogP contribution in [0, 0.1) is 29.6 Å². The van der Waals surface area contributed by atoms with Crippen LogP contribution >= 0.6 is 0 Å². The molecule has 1 N–H and O–H groups in total. The minimum absolute atomic E-state index is 0.0244. The van der Waals surface area contributed by atoms with Gasteiger partial charge in [-0.1, -0.05) is 6.92 Å². The zero-order chi connectivity index (χ0) is 12.9. The summed E-state index contributed by atoms with van der Waals surface area (Å²) in [6.45, 7) is 2.30. The van der Waals surface area contributed by atoms with Gasteiger partial charge in [0.05, 0.1) is 18.4 Å². The molecule has 2 aliphatic carbocycles. The van der Waals surface area contributed by atoms with Crippen molar-refractivity contribution >= 4 is 11.9 Å². The third kappa shape index (κ3) is 1.43. The number of carbonyl (C=O) groups excluding carboxylic acids is 2. The van der Waals surface area contributed by atoms with Crippen molar-refractivity contribution in [3.05, 3.63) is 0 Å². The molecule has 0 aromatic heterocycles. The molecule has 3 aliphatic rings. The summed E-state index contributed by atoms with van der Waals surface area (Å²) >= 11 is 0. The third-order valence-electron chi connectivity index (χ3n) is 4.70. The van der Waals surface area contributed by atoms with E-state index in [4.69, 9.17) is 9.47 Å². The van der Waals surface area contributed by atoms with Gasteiger partial charge in [0.1, 0.15) is 6.10 Å². The second-order valence-corrected chi connectivity index (χ2v) is 5.53. The van der Waals surface area contributed by atoms with Crippen LogP contribution in [-0.2, 0) is 19.1 Å². The standard InChI is InChI=1S/C13H18O5/c1-2-3-17-12(15)9-6-4-7-10(9)13(16)18-11(7)8(6)5-14/h6-11,14H,2-5H2,1H3. The number of fused-ring (bicyclic) bond motifs is 1. The molecule has 0 radical (unpaired) electrons. The van der Waals surface area contributed by atoms with Crippen LogP contribution in [0.2, 0.25) is 0 Å². The lowest BCUT2D eigenvalue weighted by Gasteiger charge is -2.29. The molecule has 1 heterocycles. The molecule has 6 atom stereocenters. The highest BCUT2D eigenvalue weighted by Gasteiger charge is 2.68. The molecule has 6 unspecified atom stereocenters. The van der Waals surface area contributed by atoms with E-state index in [1.54, 1.807) is 0 Å². The molecular weight excluding hydrogens is 236 g/mol. The van der Waals surface area contributed by atoms with Gasteiger partial charge < -0.3 is 14.6 Å². The van der Waals surface area contributed by atoms with E-state index in [0.29, 0.717) is 6.61 Å². The second kappa shape index (κ2) is 4.23. The fourth-order valence-corrected chi connectivity index (χ4v) is 4.05. The van der Waals surface area contributed by atoms with Crippen molar-refractivity contribution in [1.82, 2.24) is 0 Å². The highest BCUT2D eigenvalue weighted by molar-refractivity contribution is 5.86. The molecule has 0 spiro atoms. The van der Waals surface area contributed by atoms with Gasteiger partial charge in [-0.25, -0.2) is 0 Å². The van der Waals surface area contributed by atoms with Crippen LogP contribution in [0.4, 0.5) is 0 Å². The number of esters is 2. The molecule has 0 aromatic carbocycles. The van der Waals surface area contributed by atoms with Crippen molar-refractivity contribution < 1.29 is 24.2 Å². The van der Waals surface area contributed by atoms with Gasteiger partial charge in [0.15, 0.2) is 0 Å². The van der Waals surface area contributed by atoms with Gasteiger partial charge in [-0.3, -0.25) is 9.59 Å².